The Morgan fingerprint density at radius 3 is 1.89 bits per heavy atom. The highest BCUT2D eigenvalue weighted by Crippen LogP contribution is 2.36. The second kappa shape index (κ2) is 7.96. The average Bonchev–Trinajstić information content (AvgIpc) is 2.41. The number of hydrogen-bond acceptors (Lipinski definition) is 1. The molecule has 1 nitrogen and oxygen atoms in total. The van der Waals surface area contributed by atoms with E-state index in [1.807, 2.05) is 7.11 Å². The number of halogens is 1. The number of benzene rings is 1. The molecule has 0 atom stereocenters. The van der Waals surface area contributed by atoms with E-state index in [0.29, 0.717) is 0 Å². The van der Waals surface area contributed by atoms with E-state index in [2.05, 4.69) is 54.0 Å². The first-order chi connectivity index (χ1) is 8.68. The van der Waals surface area contributed by atoms with Crippen molar-refractivity contribution in [3.05, 3.63) is 34.3 Å². The highest BCUT2D eigenvalue weighted by atomic mass is 79.9. The summed E-state index contributed by atoms with van der Waals surface area (Å²) in [6.45, 7) is 4.48. The molecule has 0 aliphatic rings. The van der Waals surface area contributed by atoms with Gasteiger partial charge in [-0.15, -0.1) is 0 Å². The van der Waals surface area contributed by atoms with E-state index < -0.39 is 0 Å². The Balaban J connectivity index is 2.95. The minimum absolute atomic E-state index is 0.0906. The predicted molar refractivity (Wildman–Crippen MR) is 81.9 cm³/mol. The Morgan fingerprint density at radius 1 is 1.00 bits per heavy atom. The van der Waals surface area contributed by atoms with Crippen LogP contribution in [0.25, 0.3) is 0 Å². The van der Waals surface area contributed by atoms with Gasteiger partial charge in [0, 0.05) is 11.6 Å². The van der Waals surface area contributed by atoms with Crippen LogP contribution in [-0.4, -0.2) is 7.11 Å². The zero-order valence-electron chi connectivity index (χ0n) is 11.8. The molecule has 0 spiro atoms. The summed E-state index contributed by atoms with van der Waals surface area (Å²) in [6, 6.07) is 8.61. The molecule has 0 amide bonds. The smallest absolute Gasteiger partial charge is 0.0927 e. The molecule has 0 aliphatic heterocycles. The lowest BCUT2D eigenvalue weighted by molar-refractivity contribution is -0.0328. The van der Waals surface area contributed by atoms with E-state index in [4.69, 9.17) is 4.74 Å². The second-order valence-corrected chi connectivity index (χ2v) is 5.83. The molecule has 0 aromatic heterocycles. The van der Waals surface area contributed by atoms with Gasteiger partial charge in [-0.2, -0.15) is 0 Å². The van der Waals surface area contributed by atoms with Crippen LogP contribution in [0.15, 0.2) is 28.7 Å². The van der Waals surface area contributed by atoms with Gasteiger partial charge < -0.3 is 4.74 Å². The quantitative estimate of drug-likeness (QED) is 0.600. The van der Waals surface area contributed by atoms with Crippen LogP contribution >= 0.6 is 15.9 Å². The van der Waals surface area contributed by atoms with Gasteiger partial charge in [-0.1, -0.05) is 67.6 Å². The van der Waals surface area contributed by atoms with Crippen molar-refractivity contribution in [2.24, 2.45) is 0 Å². The van der Waals surface area contributed by atoms with Crippen molar-refractivity contribution in [1.29, 1.82) is 0 Å². The van der Waals surface area contributed by atoms with Gasteiger partial charge in [0.05, 0.1) is 5.60 Å². The summed E-state index contributed by atoms with van der Waals surface area (Å²) < 4.78 is 7.08. The van der Waals surface area contributed by atoms with Crippen LogP contribution in [0.2, 0.25) is 0 Å². The van der Waals surface area contributed by atoms with Crippen LogP contribution in [0.4, 0.5) is 0 Å². The number of methoxy groups -OCH3 is 1. The molecular formula is C16H25BrO. The van der Waals surface area contributed by atoms with E-state index in [9.17, 15) is 0 Å². The van der Waals surface area contributed by atoms with Gasteiger partial charge in [0.15, 0.2) is 0 Å². The summed E-state index contributed by atoms with van der Waals surface area (Å²) in [5, 5.41) is 0. The molecule has 0 saturated heterocycles. The summed E-state index contributed by atoms with van der Waals surface area (Å²) in [5.74, 6) is 0. The normalized spacial score (nSPS) is 11.8. The molecule has 1 rings (SSSR count). The maximum atomic E-state index is 5.95. The Hall–Kier alpha value is -0.340. The highest BCUT2D eigenvalue weighted by molar-refractivity contribution is 9.10. The number of rotatable bonds is 8. The first-order valence-electron chi connectivity index (χ1n) is 6.99. The minimum atomic E-state index is -0.0906. The molecule has 0 N–H and O–H groups in total. The fourth-order valence-electron chi connectivity index (χ4n) is 2.41. The van der Waals surface area contributed by atoms with Crippen molar-refractivity contribution in [3.8, 4) is 0 Å². The lowest BCUT2D eigenvalue weighted by atomic mass is 9.84. The van der Waals surface area contributed by atoms with Gasteiger partial charge in [-0.25, -0.2) is 0 Å². The molecule has 0 bridgehead atoms. The fraction of sp³-hybridized carbons (Fsp3) is 0.625. The zero-order chi connectivity index (χ0) is 13.4. The van der Waals surface area contributed by atoms with E-state index in [0.717, 1.165) is 17.3 Å². The van der Waals surface area contributed by atoms with Crippen LogP contribution in [0, 0.1) is 0 Å². The van der Waals surface area contributed by atoms with Gasteiger partial charge in [-0.3, -0.25) is 0 Å². The molecule has 0 unspecified atom stereocenters. The summed E-state index contributed by atoms with van der Waals surface area (Å²) in [7, 11) is 1.85. The second-order valence-electron chi connectivity index (χ2n) is 4.91. The first kappa shape index (κ1) is 15.7. The van der Waals surface area contributed by atoms with Gasteiger partial charge in [0.2, 0.25) is 0 Å². The molecule has 0 saturated carbocycles. The van der Waals surface area contributed by atoms with E-state index >= 15 is 0 Å². The van der Waals surface area contributed by atoms with Gasteiger partial charge >= 0.3 is 0 Å². The third kappa shape index (κ3) is 4.10. The molecule has 18 heavy (non-hydrogen) atoms. The van der Waals surface area contributed by atoms with Crippen LogP contribution in [-0.2, 0) is 10.3 Å². The third-order valence-electron chi connectivity index (χ3n) is 3.63. The summed E-state index contributed by atoms with van der Waals surface area (Å²) in [6.07, 6.45) is 7.09. The van der Waals surface area contributed by atoms with Crippen molar-refractivity contribution >= 4 is 15.9 Å². The predicted octanol–water partition coefficient (Wildman–Crippen LogP) is 5.67. The Kier molecular flexibility index (Phi) is 6.95. The molecule has 1 aromatic carbocycles. The topological polar surface area (TPSA) is 9.23 Å². The monoisotopic (exact) mass is 312 g/mol. The van der Waals surface area contributed by atoms with E-state index in [1.165, 1.54) is 31.2 Å². The Labute approximate surface area is 120 Å². The third-order valence-corrected chi connectivity index (χ3v) is 4.16. The largest absolute Gasteiger partial charge is 0.374 e. The van der Waals surface area contributed by atoms with Crippen LogP contribution in [0.1, 0.15) is 57.9 Å². The number of hydrogen-bond donors (Lipinski definition) is 0. The Morgan fingerprint density at radius 2 is 1.50 bits per heavy atom. The molecule has 2 heteroatoms. The maximum Gasteiger partial charge on any atom is 0.0927 e. The summed E-state index contributed by atoms with van der Waals surface area (Å²) in [5.41, 5.74) is 1.22. The maximum absolute atomic E-state index is 5.95. The molecule has 0 aliphatic carbocycles. The van der Waals surface area contributed by atoms with Crippen molar-refractivity contribution in [2.75, 3.05) is 7.11 Å². The number of ether oxygens (including phenoxy) is 1. The van der Waals surface area contributed by atoms with Crippen molar-refractivity contribution < 1.29 is 4.74 Å². The standard InChI is InChI=1S/C16H25BrO/c1-4-6-12-16(18-3,13-7-5-2)14-8-10-15(17)11-9-14/h8-11H,4-7,12-13H2,1-3H3. The molecule has 0 heterocycles. The van der Waals surface area contributed by atoms with E-state index in [-0.39, 0.29) is 5.60 Å². The zero-order valence-corrected chi connectivity index (χ0v) is 13.4. The lowest BCUT2D eigenvalue weighted by Crippen LogP contribution is -2.28. The van der Waals surface area contributed by atoms with Gasteiger partial charge in [-0.05, 0) is 30.5 Å². The van der Waals surface area contributed by atoms with Crippen molar-refractivity contribution in [1.82, 2.24) is 0 Å². The summed E-state index contributed by atoms with van der Waals surface area (Å²) >= 11 is 3.50. The van der Waals surface area contributed by atoms with Crippen molar-refractivity contribution in [3.63, 3.8) is 0 Å². The van der Waals surface area contributed by atoms with Crippen LogP contribution in [0.5, 0.6) is 0 Å². The Bertz CT molecular complexity index is 323. The molecule has 1 aromatic rings. The minimum Gasteiger partial charge on any atom is -0.374 e. The fourth-order valence-corrected chi connectivity index (χ4v) is 2.68. The van der Waals surface area contributed by atoms with Crippen LogP contribution < -0.4 is 0 Å². The van der Waals surface area contributed by atoms with Crippen molar-refractivity contribution in [2.45, 2.75) is 58.0 Å². The summed E-state index contributed by atoms with van der Waals surface area (Å²) in [4.78, 5) is 0. The molecule has 0 radical (unpaired) electrons. The molecular weight excluding hydrogens is 288 g/mol. The SMILES string of the molecule is CCCCC(CCCC)(OC)c1ccc(Br)cc1. The average molecular weight is 313 g/mol. The lowest BCUT2D eigenvalue weighted by Gasteiger charge is -2.33. The first-order valence-corrected chi connectivity index (χ1v) is 7.79. The van der Waals surface area contributed by atoms with Gasteiger partial charge in [0.25, 0.3) is 0 Å². The highest BCUT2D eigenvalue weighted by Gasteiger charge is 2.30. The van der Waals surface area contributed by atoms with E-state index in [1.54, 1.807) is 0 Å². The number of unbranched alkanes of at least 4 members (excludes halogenated alkanes) is 2. The van der Waals surface area contributed by atoms with Crippen LogP contribution in [0.3, 0.4) is 0 Å². The molecule has 102 valence electrons. The van der Waals surface area contributed by atoms with Gasteiger partial charge in [0.1, 0.15) is 0 Å². The molecule has 0 fully saturated rings.